The fourth-order valence-electron chi connectivity index (χ4n) is 7.23. The van der Waals surface area contributed by atoms with E-state index in [-0.39, 0.29) is 0 Å². The molecular formula is C40H22N8O. The second-order valence-electron chi connectivity index (χ2n) is 12.1. The smallest absolute Gasteiger partial charge is 0.237 e. The number of hydrogen-bond acceptors (Lipinski definition) is 7. The Hall–Kier alpha value is -7.00. The number of benzene rings is 4. The third-order valence-electron chi connectivity index (χ3n) is 9.40. The SMILES string of the molecule is c1ccc2c(c1)c1cccnc1n2-c1ccc2ccc3c(-c4ccc5ncoc5c4)nc(-n4c5ccccc5c5cccnc54)nc3c2n1. The van der Waals surface area contributed by atoms with E-state index in [0.717, 1.165) is 88.3 Å². The second kappa shape index (κ2) is 9.76. The molecule has 11 rings (SSSR count). The van der Waals surface area contributed by atoms with Gasteiger partial charge in [0.15, 0.2) is 12.0 Å². The predicted molar refractivity (Wildman–Crippen MR) is 192 cm³/mol. The molecule has 49 heavy (non-hydrogen) atoms. The molecule has 9 nitrogen and oxygen atoms in total. The molecule has 0 amide bonds. The molecule has 9 heteroatoms. The van der Waals surface area contributed by atoms with Gasteiger partial charge in [-0.1, -0.05) is 48.5 Å². The Morgan fingerprint density at radius 2 is 1.20 bits per heavy atom. The van der Waals surface area contributed by atoms with E-state index in [1.54, 1.807) is 6.20 Å². The Bertz CT molecular complexity index is 3030. The Kier molecular flexibility index (Phi) is 5.20. The standard InChI is InChI=1S/C40H22N8O/c1-3-11-31-25(7-1)27-9-5-19-41-38(27)47(31)34-18-15-23-13-16-29-35(24-14-17-30-33(21-24)49-22-43-30)45-40(46-37(29)36(23)44-34)48-32-12-4-2-8-26(32)28-10-6-20-42-39(28)48/h1-22H. The minimum Gasteiger partial charge on any atom is -0.443 e. The predicted octanol–water partition coefficient (Wildman–Crippen LogP) is 8.97. The molecule has 0 fully saturated rings. The van der Waals surface area contributed by atoms with Crippen molar-refractivity contribution >= 4 is 76.8 Å². The van der Waals surface area contributed by atoms with Crippen molar-refractivity contribution in [1.29, 1.82) is 0 Å². The monoisotopic (exact) mass is 630 g/mol. The maximum absolute atomic E-state index is 5.72. The van der Waals surface area contributed by atoms with Crippen molar-refractivity contribution in [1.82, 2.24) is 39.0 Å². The first-order chi connectivity index (χ1) is 24.3. The van der Waals surface area contributed by atoms with Gasteiger partial charge in [0.1, 0.15) is 28.1 Å². The van der Waals surface area contributed by atoms with E-state index in [1.165, 1.54) is 6.39 Å². The van der Waals surface area contributed by atoms with Crippen LogP contribution >= 0.6 is 0 Å². The Balaban J connectivity index is 1.26. The molecule has 228 valence electrons. The Morgan fingerprint density at radius 3 is 2.00 bits per heavy atom. The fraction of sp³-hybridized carbons (Fsp3) is 0. The summed E-state index contributed by atoms with van der Waals surface area (Å²) in [6.07, 6.45) is 5.09. The minimum atomic E-state index is 0.503. The lowest BCUT2D eigenvalue weighted by Gasteiger charge is -2.13. The van der Waals surface area contributed by atoms with Crippen LogP contribution < -0.4 is 0 Å². The highest BCUT2D eigenvalue weighted by molar-refractivity contribution is 6.11. The second-order valence-corrected chi connectivity index (χ2v) is 12.1. The molecule has 0 N–H and O–H groups in total. The van der Waals surface area contributed by atoms with Gasteiger partial charge in [-0.3, -0.25) is 9.13 Å². The molecule has 0 saturated carbocycles. The number of para-hydroxylation sites is 2. The summed E-state index contributed by atoms with van der Waals surface area (Å²) in [6.45, 7) is 0. The molecule has 0 radical (unpaired) electrons. The van der Waals surface area contributed by atoms with E-state index in [2.05, 4.69) is 70.2 Å². The first kappa shape index (κ1) is 26.1. The molecule has 0 atom stereocenters. The molecule has 0 unspecified atom stereocenters. The van der Waals surface area contributed by atoms with Crippen LogP contribution in [-0.2, 0) is 0 Å². The quantitative estimate of drug-likeness (QED) is 0.180. The summed E-state index contributed by atoms with van der Waals surface area (Å²) < 4.78 is 9.88. The van der Waals surface area contributed by atoms with E-state index in [0.29, 0.717) is 11.5 Å². The summed E-state index contributed by atoms with van der Waals surface area (Å²) in [7, 11) is 0. The zero-order valence-electron chi connectivity index (χ0n) is 25.7. The van der Waals surface area contributed by atoms with Crippen LogP contribution in [0.25, 0.3) is 99.8 Å². The zero-order chi connectivity index (χ0) is 32.1. The summed E-state index contributed by atoms with van der Waals surface area (Å²) in [4.78, 5) is 29.9. The summed E-state index contributed by atoms with van der Waals surface area (Å²) in [6, 6.07) is 39.0. The van der Waals surface area contributed by atoms with Crippen LogP contribution in [0.3, 0.4) is 0 Å². The highest BCUT2D eigenvalue weighted by Crippen LogP contribution is 2.36. The normalized spacial score (nSPS) is 12.1. The van der Waals surface area contributed by atoms with Crippen LogP contribution in [0.2, 0.25) is 0 Å². The van der Waals surface area contributed by atoms with Crippen molar-refractivity contribution in [3.05, 3.63) is 134 Å². The highest BCUT2D eigenvalue weighted by atomic mass is 16.3. The van der Waals surface area contributed by atoms with E-state index in [1.807, 2.05) is 65.4 Å². The van der Waals surface area contributed by atoms with Crippen LogP contribution in [0, 0.1) is 0 Å². The number of oxazole rings is 1. The van der Waals surface area contributed by atoms with E-state index >= 15 is 0 Å². The molecule has 0 bridgehead atoms. The van der Waals surface area contributed by atoms with Crippen molar-refractivity contribution in [2.75, 3.05) is 0 Å². The van der Waals surface area contributed by atoms with Crippen LogP contribution in [0.5, 0.6) is 0 Å². The number of aromatic nitrogens is 8. The van der Waals surface area contributed by atoms with Gasteiger partial charge in [0.2, 0.25) is 5.95 Å². The molecule has 7 heterocycles. The molecule has 7 aromatic heterocycles. The van der Waals surface area contributed by atoms with Gasteiger partial charge in [-0.05, 0) is 66.7 Å². The van der Waals surface area contributed by atoms with E-state index < -0.39 is 0 Å². The van der Waals surface area contributed by atoms with Gasteiger partial charge in [-0.2, -0.15) is 0 Å². The summed E-state index contributed by atoms with van der Waals surface area (Å²) in [5.74, 6) is 1.26. The number of nitrogens with zero attached hydrogens (tertiary/aromatic N) is 8. The minimum absolute atomic E-state index is 0.503. The van der Waals surface area contributed by atoms with E-state index in [9.17, 15) is 0 Å². The topological polar surface area (TPSA) is 100 Å². The maximum Gasteiger partial charge on any atom is 0.237 e. The summed E-state index contributed by atoms with van der Waals surface area (Å²) in [5.41, 5.74) is 8.24. The number of pyridine rings is 3. The molecule has 0 aliphatic heterocycles. The van der Waals surface area contributed by atoms with Crippen molar-refractivity contribution < 1.29 is 4.42 Å². The number of hydrogen-bond donors (Lipinski definition) is 0. The molecular weight excluding hydrogens is 608 g/mol. The maximum atomic E-state index is 5.72. The highest BCUT2D eigenvalue weighted by Gasteiger charge is 2.21. The van der Waals surface area contributed by atoms with E-state index in [4.69, 9.17) is 29.3 Å². The van der Waals surface area contributed by atoms with Gasteiger partial charge < -0.3 is 4.42 Å². The van der Waals surface area contributed by atoms with Gasteiger partial charge >= 0.3 is 0 Å². The first-order valence-electron chi connectivity index (χ1n) is 15.9. The number of rotatable bonds is 3. The fourth-order valence-corrected chi connectivity index (χ4v) is 7.23. The van der Waals surface area contributed by atoms with Gasteiger partial charge in [-0.15, -0.1) is 0 Å². The average molecular weight is 631 g/mol. The van der Waals surface area contributed by atoms with Crippen molar-refractivity contribution in [2.24, 2.45) is 0 Å². The van der Waals surface area contributed by atoms with Gasteiger partial charge in [-0.25, -0.2) is 29.9 Å². The summed E-state index contributed by atoms with van der Waals surface area (Å²) in [5, 5.41) is 6.14. The molecule has 0 spiro atoms. The van der Waals surface area contributed by atoms with Crippen LogP contribution in [-0.4, -0.2) is 39.0 Å². The van der Waals surface area contributed by atoms with Crippen LogP contribution in [0.15, 0.2) is 138 Å². The Labute approximate surface area is 276 Å². The number of fused-ring (bicyclic) bond motifs is 10. The lowest BCUT2D eigenvalue weighted by molar-refractivity contribution is 0.602. The summed E-state index contributed by atoms with van der Waals surface area (Å²) >= 11 is 0. The molecule has 0 saturated heterocycles. The molecule has 0 aliphatic rings. The molecule has 4 aromatic carbocycles. The van der Waals surface area contributed by atoms with Gasteiger partial charge in [0.05, 0.1) is 22.2 Å². The lowest BCUT2D eigenvalue weighted by atomic mass is 10.0. The Morgan fingerprint density at radius 1 is 0.510 bits per heavy atom. The van der Waals surface area contributed by atoms with Crippen molar-refractivity contribution in [2.45, 2.75) is 0 Å². The third-order valence-corrected chi connectivity index (χ3v) is 9.40. The van der Waals surface area contributed by atoms with Gasteiger partial charge in [0.25, 0.3) is 0 Å². The first-order valence-corrected chi connectivity index (χ1v) is 15.9. The third kappa shape index (κ3) is 3.69. The lowest BCUT2D eigenvalue weighted by Crippen LogP contribution is -2.05. The van der Waals surface area contributed by atoms with Crippen molar-refractivity contribution in [3.8, 4) is 23.0 Å². The molecule has 11 aromatic rings. The van der Waals surface area contributed by atoms with Crippen molar-refractivity contribution in [3.63, 3.8) is 0 Å². The average Bonchev–Trinajstić information content (AvgIpc) is 3.86. The molecule has 0 aliphatic carbocycles. The zero-order valence-corrected chi connectivity index (χ0v) is 25.7. The van der Waals surface area contributed by atoms with Gasteiger partial charge in [0, 0.05) is 50.3 Å². The van der Waals surface area contributed by atoms with Crippen LogP contribution in [0.1, 0.15) is 0 Å². The van der Waals surface area contributed by atoms with Crippen LogP contribution in [0.4, 0.5) is 0 Å². The largest absolute Gasteiger partial charge is 0.443 e.